The predicted octanol–water partition coefficient (Wildman–Crippen LogP) is 3.11. The molecule has 4 nitrogen and oxygen atoms in total. The Morgan fingerprint density at radius 2 is 2.09 bits per heavy atom. The number of aromatic carboxylic acids is 1. The first-order chi connectivity index (χ1) is 10.6. The minimum atomic E-state index is -0.939. The van der Waals surface area contributed by atoms with Gasteiger partial charge in [0.2, 0.25) is 5.91 Å². The molecular formula is C17H23NO3S. The largest absolute Gasteiger partial charge is 0.478 e. The van der Waals surface area contributed by atoms with Crippen LogP contribution in [0.15, 0.2) is 24.3 Å². The van der Waals surface area contributed by atoms with Crippen LogP contribution in [0.2, 0.25) is 0 Å². The molecule has 2 N–H and O–H groups in total. The van der Waals surface area contributed by atoms with Crippen LogP contribution in [0, 0.1) is 0 Å². The number of benzene rings is 1. The number of rotatable bonds is 6. The van der Waals surface area contributed by atoms with Crippen LogP contribution in [-0.2, 0) is 11.2 Å². The number of hydrogen-bond donors (Lipinski definition) is 2. The summed E-state index contributed by atoms with van der Waals surface area (Å²) in [6.45, 7) is 0. The SMILES string of the molecule is CSC1CCCC(NC(=O)CCc2ccccc2C(=O)O)C1. The van der Waals surface area contributed by atoms with Gasteiger partial charge in [0.05, 0.1) is 5.56 Å². The molecule has 120 valence electrons. The van der Waals surface area contributed by atoms with Crippen LogP contribution in [0.1, 0.15) is 48.0 Å². The Kier molecular flexibility index (Phi) is 6.31. The van der Waals surface area contributed by atoms with Crippen LogP contribution in [-0.4, -0.2) is 34.5 Å². The summed E-state index contributed by atoms with van der Waals surface area (Å²) in [5, 5.41) is 12.9. The highest BCUT2D eigenvalue weighted by molar-refractivity contribution is 7.99. The first kappa shape index (κ1) is 16.9. The van der Waals surface area contributed by atoms with Crippen molar-refractivity contribution in [1.29, 1.82) is 0 Å². The normalized spacial score (nSPS) is 21.3. The molecule has 1 aromatic carbocycles. The fourth-order valence-electron chi connectivity index (χ4n) is 2.99. The van der Waals surface area contributed by atoms with E-state index in [-0.39, 0.29) is 17.5 Å². The standard InChI is InChI=1S/C17H23NO3S/c1-22-14-7-4-6-13(11-14)18-16(19)10-9-12-5-2-3-8-15(12)17(20)21/h2-3,5,8,13-14H,4,6-7,9-11H2,1H3,(H,18,19)(H,20,21). The minimum absolute atomic E-state index is 0.0203. The molecule has 0 aromatic heterocycles. The average molecular weight is 321 g/mol. The second kappa shape index (κ2) is 8.22. The first-order valence-corrected chi connectivity index (χ1v) is 9.02. The number of carbonyl (C=O) groups is 2. The van der Waals surface area contributed by atoms with E-state index in [0.717, 1.165) is 24.8 Å². The lowest BCUT2D eigenvalue weighted by Gasteiger charge is -2.28. The van der Waals surface area contributed by atoms with Crippen LogP contribution in [0.3, 0.4) is 0 Å². The van der Waals surface area contributed by atoms with Crippen LogP contribution in [0.5, 0.6) is 0 Å². The van der Waals surface area contributed by atoms with E-state index in [4.69, 9.17) is 5.11 Å². The average Bonchev–Trinajstić information content (AvgIpc) is 2.53. The second-order valence-electron chi connectivity index (χ2n) is 5.75. The number of thioether (sulfide) groups is 1. The highest BCUT2D eigenvalue weighted by Crippen LogP contribution is 2.26. The van der Waals surface area contributed by atoms with E-state index in [9.17, 15) is 9.59 Å². The summed E-state index contributed by atoms with van der Waals surface area (Å²) in [5.41, 5.74) is 1.01. The van der Waals surface area contributed by atoms with Gasteiger partial charge in [-0.1, -0.05) is 24.6 Å². The molecule has 1 aromatic rings. The van der Waals surface area contributed by atoms with Crippen molar-refractivity contribution in [3.8, 4) is 0 Å². The van der Waals surface area contributed by atoms with Gasteiger partial charge in [-0.15, -0.1) is 0 Å². The smallest absolute Gasteiger partial charge is 0.335 e. The Morgan fingerprint density at radius 3 is 2.82 bits per heavy atom. The molecule has 1 fully saturated rings. The maximum absolute atomic E-state index is 12.1. The summed E-state index contributed by atoms with van der Waals surface area (Å²) in [7, 11) is 0. The zero-order valence-corrected chi connectivity index (χ0v) is 13.7. The Bertz CT molecular complexity index is 532. The third-order valence-electron chi connectivity index (χ3n) is 4.19. The van der Waals surface area contributed by atoms with E-state index in [0.29, 0.717) is 18.1 Å². The summed E-state index contributed by atoms with van der Waals surface area (Å²) in [4.78, 5) is 23.2. The van der Waals surface area contributed by atoms with Gasteiger partial charge in [-0.05, 0) is 43.6 Å². The van der Waals surface area contributed by atoms with E-state index in [2.05, 4.69) is 11.6 Å². The van der Waals surface area contributed by atoms with Crippen LogP contribution < -0.4 is 5.32 Å². The highest BCUT2D eigenvalue weighted by Gasteiger charge is 2.22. The van der Waals surface area contributed by atoms with Gasteiger partial charge in [-0.3, -0.25) is 4.79 Å². The fraction of sp³-hybridized carbons (Fsp3) is 0.529. The van der Waals surface area contributed by atoms with E-state index in [1.54, 1.807) is 18.2 Å². The number of carbonyl (C=O) groups excluding carboxylic acids is 1. The summed E-state index contributed by atoms with van der Waals surface area (Å²) in [6.07, 6.45) is 7.42. The van der Waals surface area contributed by atoms with Crippen molar-refractivity contribution in [2.24, 2.45) is 0 Å². The lowest BCUT2D eigenvalue weighted by Crippen LogP contribution is -2.39. The first-order valence-electron chi connectivity index (χ1n) is 7.73. The van der Waals surface area contributed by atoms with Gasteiger partial charge in [-0.2, -0.15) is 11.8 Å². The molecule has 0 heterocycles. The predicted molar refractivity (Wildman–Crippen MR) is 89.4 cm³/mol. The van der Waals surface area contributed by atoms with Crippen LogP contribution >= 0.6 is 11.8 Å². The van der Waals surface area contributed by atoms with Crippen molar-refractivity contribution in [2.45, 2.75) is 49.8 Å². The molecule has 0 aliphatic heterocycles. The van der Waals surface area contributed by atoms with Crippen molar-refractivity contribution in [1.82, 2.24) is 5.32 Å². The molecular weight excluding hydrogens is 298 g/mol. The minimum Gasteiger partial charge on any atom is -0.478 e. The zero-order valence-electron chi connectivity index (χ0n) is 12.9. The Hall–Kier alpha value is -1.49. The number of nitrogens with one attached hydrogen (secondary N) is 1. The second-order valence-corrected chi connectivity index (χ2v) is 6.89. The van der Waals surface area contributed by atoms with Crippen molar-refractivity contribution < 1.29 is 14.7 Å². The topological polar surface area (TPSA) is 66.4 Å². The van der Waals surface area contributed by atoms with Gasteiger partial charge < -0.3 is 10.4 Å². The summed E-state index contributed by atoms with van der Waals surface area (Å²) >= 11 is 1.88. The Balaban J connectivity index is 1.84. The Labute approximate surface area is 135 Å². The quantitative estimate of drug-likeness (QED) is 0.845. The molecule has 1 saturated carbocycles. The third-order valence-corrected chi connectivity index (χ3v) is 5.29. The van der Waals surface area contributed by atoms with Gasteiger partial charge in [0.25, 0.3) is 0 Å². The zero-order chi connectivity index (χ0) is 15.9. The third kappa shape index (κ3) is 4.77. The number of amides is 1. The van der Waals surface area contributed by atoms with Crippen LogP contribution in [0.4, 0.5) is 0 Å². The molecule has 2 rings (SSSR count). The maximum atomic E-state index is 12.1. The van der Waals surface area contributed by atoms with Gasteiger partial charge in [0.1, 0.15) is 0 Å². The molecule has 5 heteroatoms. The lowest BCUT2D eigenvalue weighted by molar-refractivity contribution is -0.121. The van der Waals surface area contributed by atoms with Gasteiger partial charge >= 0.3 is 5.97 Å². The molecule has 1 amide bonds. The molecule has 0 saturated heterocycles. The van der Waals surface area contributed by atoms with Crippen molar-refractivity contribution in [2.75, 3.05) is 6.26 Å². The fourth-order valence-corrected chi connectivity index (χ4v) is 3.81. The maximum Gasteiger partial charge on any atom is 0.335 e. The number of carboxylic acids is 1. The lowest BCUT2D eigenvalue weighted by atomic mass is 9.94. The molecule has 0 bridgehead atoms. The van der Waals surface area contributed by atoms with Gasteiger partial charge in [-0.25, -0.2) is 4.79 Å². The molecule has 2 atom stereocenters. The molecule has 22 heavy (non-hydrogen) atoms. The van der Waals surface area contributed by atoms with E-state index >= 15 is 0 Å². The summed E-state index contributed by atoms with van der Waals surface area (Å²) < 4.78 is 0. The van der Waals surface area contributed by atoms with Crippen molar-refractivity contribution in [3.05, 3.63) is 35.4 Å². The van der Waals surface area contributed by atoms with Gasteiger partial charge in [0, 0.05) is 17.7 Å². The summed E-state index contributed by atoms with van der Waals surface area (Å²) in [6, 6.07) is 7.15. The Morgan fingerprint density at radius 1 is 1.32 bits per heavy atom. The summed E-state index contributed by atoms with van der Waals surface area (Å²) in [5.74, 6) is -0.918. The van der Waals surface area contributed by atoms with E-state index < -0.39 is 5.97 Å². The molecule has 2 unspecified atom stereocenters. The van der Waals surface area contributed by atoms with Crippen LogP contribution in [0.25, 0.3) is 0 Å². The molecule has 0 radical (unpaired) electrons. The number of aryl methyl sites for hydroxylation is 1. The molecule has 0 spiro atoms. The van der Waals surface area contributed by atoms with E-state index in [1.165, 1.54) is 6.42 Å². The molecule has 1 aliphatic rings. The monoisotopic (exact) mass is 321 g/mol. The highest BCUT2D eigenvalue weighted by atomic mass is 32.2. The van der Waals surface area contributed by atoms with E-state index in [1.807, 2.05) is 17.8 Å². The van der Waals surface area contributed by atoms with Crippen molar-refractivity contribution >= 4 is 23.6 Å². The molecule has 1 aliphatic carbocycles. The van der Waals surface area contributed by atoms with Crippen molar-refractivity contribution in [3.63, 3.8) is 0 Å². The van der Waals surface area contributed by atoms with Gasteiger partial charge in [0.15, 0.2) is 0 Å². The number of hydrogen-bond acceptors (Lipinski definition) is 3. The number of carboxylic acid groups (broad SMARTS) is 1.